The van der Waals surface area contributed by atoms with E-state index in [4.69, 9.17) is 10.00 Å². The molecule has 0 bridgehead atoms. The van der Waals surface area contributed by atoms with E-state index in [0.29, 0.717) is 17.1 Å². The Morgan fingerprint density at radius 2 is 1.94 bits per heavy atom. The number of rotatable bonds is 2. The van der Waals surface area contributed by atoms with Gasteiger partial charge in [-0.1, -0.05) is 34.1 Å². The summed E-state index contributed by atoms with van der Waals surface area (Å²) in [5.41, 5.74) is 1.49. The molecule has 0 heterocycles. The maximum atomic E-state index is 9.09. The van der Waals surface area contributed by atoms with Gasteiger partial charge in [0, 0.05) is 4.47 Å². The van der Waals surface area contributed by atoms with Crippen molar-refractivity contribution >= 4 is 15.9 Å². The molecule has 2 nitrogen and oxygen atoms in total. The van der Waals surface area contributed by atoms with Gasteiger partial charge in [0.2, 0.25) is 0 Å². The maximum Gasteiger partial charge on any atom is 0.145 e. The van der Waals surface area contributed by atoms with Crippen molar-refractivity contribution in [2.24, 2.45) is 0 Å². The molecule has 2 aromatic rings. The molecule has 17 heavy (non-hydrogen) atoms. The average molecular weight is 288 g/mol. The molecule has 0 unspecified atom stereocenters. The van der Waals surface area contributed by atoms with E-state index in [1.807, 2.05) is 43.3 Å². The molecule has 0 spiro atoms. The van der Waals surface area contributed by atoms with Gasteiger partial charge in [0.15, 0.2) is 0 Å². The van der Waals surface area contributed by atoms with Crippen molar-refractivity contribution in [1.82, 2.24) is 0 Å². The van der Waals surface area contributed by atoms with Gasteiger partial charge in [-0.25, -0.2) is 0 Å². The molecule has 0 fully saturated rings. The fraction of sp³-hybridized carbons (Fsp3) is 0.0714. The van der Waals surface area contributed by atoms with Crippen molar-refractivity contribution in [3.63, 3.8) is 0 Å². The first-order valence-electron chi connectivity index (χ1n) is 5.14. The van der Waals surface area contributed by atoms with Crippen molar-refractivity contribution in [1.29, 1.82) is 5.26 Å². The Bertz CT molecular complexity index is 587. The normalized spacial score (nSPS) is 9.71. The summed E-state index contributed by atoms with van der Waals surface area (Å²) < 4.78 is 6.66. The van der Waals surface area contributed by atoms with Crippen molar-refractivity contribution in [2.75, 3.05) is 0 Å². The van der Waals surface area contributed by atoms with Crippen LogP contribution in [0.15, 0.2) is 46.9 Å². The fourth-order valence-electron chi connectivity index (χ4n) is 1.53. The number of hydrogen-bond acceptors (Lipinski definition) is 2. The predicted molar refractivity (Wildman–Crippen MR) is 70.1 cm³/mol. The van der Waals surface area contributed by atoms with E-state index in [-0.39, 0.29) is 0 Å². The molecule has 2 rings (SSSR count). The fourth-order valence-corrected chi connectivity index (χ4v) is 1.90. The van der Waals surface area contributed by atoms with Crippen LogP contribution >= 0.6 is 15.9 Å². The number of hydrogen-bond donors (Lipinski definition) is 0. The second-order valence-corrected chi connectivity index (χ2v) is 4.53. The van der Waals surface area contributed by atoms with E-state index < -0.39 is 0 Å². The van der Waals surface area contributed by atoms with Gasteiger partial charge in [0.1, 0.15) is 17.6 Å². The van der Waals surface area contributed by atoms with E-state index in [0.717, 1.165) is 10.0 Å². The van der Waals surface area contributed by atoms with Crippen LogP contribution in [0.3, 0.4) is 0 Å². The molecule has 3 heteroatoms. The average Bonchev–Trinajstić information content (AvgIpc) is 2.29. The first kappa shape index (κ1) is 11.7. The highest BCUT2D eigenvalue weighted by Gasteiger charge is 2.06. The van der Waals surface area contributed by atoms with Crippen molar-refractivity contribution < 1.29 is 4.74 Å². The monoisotopic (exact) mass is 287 g/mol. The van der Waals surface area contributed by atoms with Gasteiger partial charge in [-0.3, -0.25) is 0 Å². The van der Waals surface area contributed by atoms with E-state index in [2.05, 4.69) is 22.0 Å². The van der Waals surface area contributed by atoms with E-state index in [1.165, 1.54) is 0 Å². The Hall–Kier alpha value is -1.79. The van der Waals surface area contributed by atoms with E-state index in [1.54, 1.807) is 6.07 Å². The number of nitrogens with zero attached hydrogens (tertiary/aromatic N) is 1. The molecule has 0 amide bonds. The third kappa shape index (κ3) is 2.66. The van der Waals surface area contributed by atoms with E-state index >= 15 is 0 Å². The van der Waals surface area contributed by atoms with Crippen LogP contribution in [0.2, 0.25) is 0 Å². The lowest BCUT2D eigenvalue weighted by Gasteiger charge is -2.08. The summed E-state index contributed by atoms with van der Waals surface area (Å²) in [6.45, 7) is 1.90. The van der Waals surface area contributed by atoms with Crippen LogP contribution in [-0.4, -0.2) is 0 Å². The Balaban J connectivity index is 2.37. The van der Waals surface area contributed by atoms with Crippen LogP contribution in [0.4, 0.5) is 0 Å². The van der Waals surface area contributed by atoms with Crippen molar-refractivity contribution in [2.45, 2.75) is 6.92 Å². The molecule has 0 atom stereocenters. The van der Waals surface area contributed by atoms with Gasteiger partial charge in [-0.15, -0.1) is 0 Å². The van der Waals surface area contributed by atoms with Crippen molar-refractivity contribution in [3.8, 4) is 17.6 Å². The topological polar surface area (TPSA) is 33.0 Å². The third-order valence-corrected chi connectivity index (χ3v) is 2.86. The molecule has 0 saturated carbocycles. The molecule has 2 aromatic carbocycles. The summed E-state index contributed by atoms with van der Waals surface area (Å²) in [6.07, 6.45) is 0. The zero-order valence-corrected chi connectivity index (χ0v) is 10.9. The van der Waals surface area contributed by atoms with E-state index in [9.17, 15) is 0 Å². The highest BCUT2D eigenvalue weighted by atomic mass is 79.9. The Labute approximate surface area is 109 Å². The van der Waals surface area contributed by atoms with Crippen LogP contribution in [0.25, 0.3) is 0 Å². The SMILES string of the molecule is Cc1cccc(Oc2cccc(Br)c2)c1C#N. The third-order valence-electron chi connectivity index (χ3n) is 2.37. The van der Waals surface area contributed by atoms with Gasteiger partial charge >= 0.3 is 0 Å². The smallest absolute Gasteiger partial charge is 0.145 e. The molecule has 0 saturated heterocycles. The van der Waals surface area contributed by atoms with Gasteiger partial charge in [0.05, 0.1) is 5.56 Å². The van der Waals surface area contributed by atoms with Crippen LogP contribution in [0, 0.1) is 18.3 Å². The van der Waals surface area contributed by atoms with Gasteiger partial charge in [-0.05, 0) is 36.8 Å². The second-order valence-electron chi connectivity index (χ2n) is 3.62. The number of halogens is 1. The molecule has 0 aliphatic rings. The molecule has 0 aromatic heterocycles. The highest BCUT2D eigenvalue weighted by Crippen LogP contribution is 2.28. The summed E-state index contributed by atoms with van der Waals surface area (Å²) in [5.74, 6) is 1.30. The van der Waals surface area contributed by atoms with Crippen LogP contribution < -0.4 is 4.74 Å². The number of nitriles is 1. The minimum absolute atomic E-state index is 0.576. The molecular formula is C14H10BrNO. The summed E-state index contributed by atoms with van der Waals surface area (Å²) in [7, 11) is 0. The lowest BCUT2D eigenvalue weighted by Crippen LogP contribution is -1.90. The highest BCUT2D eigenvalue weighted by molar-refractivity contribution is 9.10. The zero-order valence-electron chi connectivity index (χ0n) is 9.27. The summed E-state index contributed by atoms with van der Waals surface area (Å²) in [6, 6.07) is 15.3. The second kappa shape index (κ2) is 5.03. The first-order chi connectivity index (χ1) is 8.20. The molecule has 0 radical (unpaired) electrons. The zero-order chi connectivity index (χ0) is 12.3. The lowest BCUT2D eigenvalue weighted by atomic mass is 10.1. The standard InChI is InChI=1S/C14H10BrNO/c1-10-4-2-7-14(13(10)9-16)17-12-6-3-5-11(15)8-12/h2-8H,1H3. The Morgan fingerprint density at radius 1 is 1.18 bits per heavy atom. The van der Waals surface area contributed by atoms with Crippen LogP contribution in [0.1, 0.15) is 11.1 Å². The summed E-state index contributed by atoms with van der Waals surface area (Å²) >= 11 is 3.38. The summed E-state index contributed by atoms with van der Waals surface area (Å²) in [5, 5.41) is 9.09. The predicted octanol–water partition coefficient (Wildman–Crippen LogP) is 4.42. The van der Waals surface area contributed by atoms with Gasteiger partial charge in [-0.2, -0.15) is 5.26 Å². The molecular weight excluding hydrogens is 278 g/mol. The Kier molecular flexibility index (Phi) is 3.46. The van der Waals surface area contributed by atoms with Gasteiger partial charge in [0.25, 0.3) is 0 Å². The minimum Gasteiger partial charge on any atom is -0.456 e. The Morgan fingerprint density at radius 3 is 2.65 bits per heavy atom. The number of ether oxygens (including phenoxy) is 1. The maximum absolute atomic E-state index is 9.09. The van der Waals surface area contributed by atoms with Gasteiger partial charge < -0.3 is 4.74 Å². The summed E-state index contributed by atoms with van der Waals surface area (Å²) in [4.78, 5) is 0. The van der Waals surface area contributed by atoms with Crippen molar-refractivity contribution in [3.05, 3.63) is 58.1 Å². The molecule has 0 aliphatic carbocycles. The first-order valence-corrected chi connectivity index (χ1v) is 5.93. The molecule has 0 aliphatic heterocycles. The number of benzene rings is 2. The van der Waals surface area contributed by atoms with Crippen LogP contribution in [0.5, 0.6) is 11.5 Å². The molecule has 84 valence electrons. The largest absolute Gasteiger partial charge is 0.456 e. The van der Waals surface area contributed by atoms with Crippen LogP contribution in [-0.2, 0) is 0 Å². The molecule has 0 N–H and O–H groups in total. The minimum atomic E-state index is 0.576. The number of aryl methyl sites for hydroxylation is 1. The lowest BCUT2D eigenvalue weighted by molar-refractivity contribution is 0.480. The quantitative estimate of drug-likeness (QED) is 0.819.